The molecule has 2 heterocycles. The molecule has 0 aliphatic carbocycles. The molecule has 87 heavy (non-hydrogen) atoms. The molecular formula is C73H96O12Si2. The van der Waals surface area contributed by atoms with Gasteiger partial charge in [0, 0.05) is 29.1 Å². The second-order valence-electron chi connectivity index (χ2n) is 28.1. The zero-order chi connectivity index (χ0) is 64.2. The number of hydrogen-bond acceptors (Lipinski definition) is 12. The molecule has 0 aromatic heterocycles. The van der Waals surface area contributed by atoms with Gasteiger partial charge in [-0.25, -0.2) is 19.2 Å². The highest BCUT2D eigenvalue weighted by Gasteiger charge is 2.30. The van der Waals surface area contributed by atoms with Crippen LogP contribution >= 0.6 is 0 Å². The van der Waals surface area contributed by atoms with Crippen molar-refractivity contribution in [3.05, 3.63) is 201 Å². The van der Waals surface area contributed by atoms with Gasteiger partial charge in [0.25, 0.3) is 0 Å². The highest BCUT2D eigenvalue weighted by atomic mass is 28.4. The summed E-state index contributed by atoms with van der Waals surface area (Å²) in [5, 5.41) is 0. The Morgan fingerprint density at radius 2 is 0.575 bits per heavy atom. The lowest BCUT2D eigenvalue weighted by atomic mass is 9.78. The Morgan fingerprint density at radius 3 is 0.782 bits per heavy atom. The second kappa shape index (κ2) is 29.0. The minimum Gasteiger partial charge on any atom is -0.544 e. The van der Waals surface area contributed by atoms with Crippen LogP contribution in [0.1, 0.15) is 196 Å². The summed E-state index contributed by atoms with van der Waals surface area (Å²) >= 11 is 0. The maximum absolute atomic E-state index is 12.4. The van der Waals surface area contributed by atoms with E-state index in [0.717, 1.165) is 72.3 Å². The molecule has 2 fully saturated rings. The highest BCUT2D eigenvalue weighted by Crippen LogP contribution is 2.36. The number of carbonyl (C=O) groups excluding carboxylic acids is 4. The Hall–Kier alpha value is -6.85. The van der Waals surface area contributed by atoms with Crippen molar-refractivity contribution in [3.63, 3.8) is 0 Å². The first kappa shape index (κ1) is 69.3. The molecule has 6 aromatic carbocycles. The third-order valence-corrected chi connectivity index (χ3v) is 16.6. The van der Waals surface area contributed by atoms with E-state index in [2.05, 4.69) is 129 Å². The number of ether oxygens (including phenoxy) is 6. The Kier molecular flexibility index (Phi) is 23.1. The molecule has 2 atom stereocenters. The molecule has 12 nitrogen and oxygen atoms in total. The topological polar surface area (TPSA) is 142 Å². The van der Waals surface area contributed by atoms with Crippen molar-refractivity contribution >= 4 is 40.5 Å². The summed E-state index contributed by atoms with van der Waals surface area (Å²) in [4.78, 5) is 49.3. The molecule has 468 valence electrons. The van der Waals surface area contributed by atoms with Crippen molar-refractivity contribution in [3.8, 4) is 11.5 Å². The van der Waals surface area contributed by atoms with Crippen LogP contribution < -0.4 is 8.85 Å². The predicted molar refractivity (Wildman–Crippen MR) is 351 cm³/mol. The van der Waals surface area contributed by atoms with E-state index in [-0.39, 0.29) is 40.1 Å². The first-order valence-corrected chi connectivity index (χ1v) is 37.4. The van der Waals surface area contributed by atoms with E-state index in [1.165, 1.54) is 11.1 Å². The molecular weight excluding hydrogens is 1120 g/mol. The number of benzene rings is 6. The summed E-state index contributed by atoms with van der Waals surface area (Å²) in [6.45, 7) is 38.6. The van der Waals surface area contributed by atoms with Gasteiger partial charge in [0.1, 0.15) is 22.7 Å². The van der Waals surface area contributed by atoms with Crippen LogP contribution in [0.4, 0.5) is 0 Å². The Bertz CT molecular complexity index is 2970. The average molecular weight is 1220 g/mol. The molecule has 0 saturated carbocycles. The van der Waals surface area contributed by atoms with Gasteiger partial charge in [-0.15, -0.1) is 0 Å². The zero-order valence-electron chi connectivity index (χ0n) is 55.1. The minimum atomic E-state index is -1.56. The number of esters is 4. The van der Waals surface area contributed by atoms with Crippen LogP contribution in [0.15, 0.2) is 146 Å². The van der Waals surface area contributed by atoms with Crippen molar-refractivity contribution in [1.82, 2.24) is 0 Å². The lowest BCUT2D eigenvalue weighted by Crippen LogP contribution is -2.29. The van der Waals surface area contributed by atoms with Crippen LogP contribution in [0.3, 0.4) is 0 Å². The Balaban J connectivity index is 0.000000211. The van der Waals surface area contributed by atoms with E-state index in [1.54, 1.807) is 48.5 Å². The molecule has 2 aliphatic rings. The summed E-state index contributed by atoms with van der Waals surface area (Å²) in [7, 11) is -3.12. The predicted octanol–water partition coefficient (Wildman–Crippen LogP) is 17.7. The minimum absolute atomic E-state index is 0.0601. The molecule has 0 radical (unpaired) electrons. The van der Waals surface area contributed by atoms with Crippen LogP contribution in [-0.2, 0) is 44.7 Å². The maximum atomic E-state index is 12.4. The van der Waals surface area contributed by atoms with Gasteiger partial charge in [0.05, 0.1) is 35.5 Å². The van der Waals surface area contributed by atoms with Gasteiger partial charge in [-0.1, -0.05) is 114 Å². The molecule has 0 N–H and O–H groups in total. The lowest BCUT2D eigenvalue weighted by Gasteiger charge is -2.27. The van der Waals surface area contributed by atoms with Crippen molar-refractivity contribution in [1.29, 1.82) is 0 Å². The van der Waals surface area contributed by atoms with Gasteiger partial charge in [-0.3, -0.25) is 0 Å². The average Bonchev–Trinajstić information content (AvgIpc) is 1.69. The van der Waals surface area contributed by atoms with Crippen LogP contribution in [0.25, 0.3) is 0 Å². The molecule has 2 saturated heterocycles. The van der Waals surface area contributed by atoms with Crippen molar-refractivity contribution in [2.75, 3.05) is 13.2 Å². The molecule has 14 heteroatoms. The van der Waals surface area contributed by atoms with Crippen LogP contribution in [0.2, 0.25) is 39.3 Å². The van der Waals surface area contributed by atoms with Crippen molar-refractivity contribution in [2.24, 2.45) is 0 Å². The fourth-order valence-electron chi connectivity index (χ4n) is 9.84. The monoisotopic (exact) mass is 1220 g/mol. The van der Waals surface area contributed by atoms with Crippen molar-refractivity contribution < 1.29 is 56.5 Å². The molecule has 0 amide bonds. The third kappa shape index (κ3) is 21.2. The SMILES string of the molecule is CC(C)(C)OC(=O)c1ccc(C(C)(C)c2ccc(C(=O)OC(C)(C)C)cc2)cc1.CC(C)(c1ccc(C(=O)OC2CCCCO2)cc1)c1ccc(C(=O)OC2CCCCO2)cc1.CC(C)(c1ccc(O[Si](C)(C)C)cc1)c1ccc(O[Si](C)(C)C)cc1. The maximum Gasteiger partial charge on any atom is 0.340 e. The van der Waals surface area contributed by atoms with Crippen molar-refractivity contribution in [2.45, 2.75) is 201 Å². The molecule has 2 aliphatic heterocycles. The molecule has 0 spiro atoms. The highest BCUT2D eigenvalue weighted by molar-refractivity contribution is 6.70. The van der Waals surface area contributed by atoms with E-state index >= 15 is 0 Å². The van der Waals surface area contributed by atoms with Gasteiger partial charge in [-0.2, -0.15) is 0 Å². The summed E-state index contributed by atoms with van der Waals surface area (Å²) in [5.74, 6) is 0.550. The van der Waals surface area contributed by atoms with E-state index in [1.807, 2.05) is 90.1 Å². The van der Waals surface area contributed by atoms with Crippen LogP contribution in [-0.4, -0.2) is 77.5 Å². The molecule has 0 bridgehead atoms. The molecule has 6 aromatic rings. The normalized spacial score (nSPS) is 15.9. The van der Waals surface area contributed by atoms with Crippen LogP contribution in [0.5, 0.6) is 11.5 Å². The van der Waals surface area contributed by atoms with Gasteiger partial charge in [0.15, 0.2) is 0 Å². The third-order valence-electron chi connectivity index (χ3n) is 14.9. The van der Waals surface area contributed by atoms with E-state index in [0.29, 0.717) is 35.5 Å². The van der Waals surface area contributed by atoms with E-state index in [4.69, 9.17) is 37.3 Å². The van der Waals surface area contributed by atoms with Gasteiger partial charge >= 0.3 is 23.9 Å². The van der Waals surface area contributed by atoms with E-state index in [9.17, 15) is 19.2 Å². The first-order chi connectivity index (χ1) is 40.5. The number of rotatable bonds is 16. The first-order valence-electron chi connectivity index (χ1n) is 30.6. The Labute approximate surface area is 521 Å². The quantitative estimate of drug-likeness (QED) is 0.0517. The van der Waals surface area contributed by atoms with Crippen LogP contribution in [0, 0.1) is 0 Å². The largest absolute Gasteiger partial charge is 0.544 e. The standard InChI is InChI=1S/C27H32O6.C25H32O4.C21H32O2Si2/c1-27(2,21-13-9-19(10-14-21)25(28)32-23-7-3-5-17-30-23)22-15-11-20(12-16-22)26(29)33-24-8-4-6-18-31-24;1-23(2,3)28-21(26)17-9-13-19(14-10-17)25(7,8)20-15-11-18(12-16-20)22(27)29-24(4,5)6;1-21(2,17-9-13-19(14-10-17)22-24(3,4)5)18-11-15-20(16-12-18)23-25(6,7)8/h9-16,23-24H,3-8,17-18H2,1-2H3;9-16H,1-8H3;9-16H,1-8H3. The Morgan fingerprint density at radius 1 is 0.345 bits per heavy atom. The second-order valence-corrected chi connectivity index (χ2v) is 36.9. The van der Waals surface area contributed by atoms with E-state index < -0.39 is 40.4 Å². The number of hydrogen-bond donors (Lipinski definition) is 0. The molecule has 8 rings (SSSR count). The van der Waals surface area contributed by atoms with Gasteiger partial charge in [0.2, 0.25) is 29.2 Å². The summed E-state index contributed by atoms with van der Waals surface area (Å²) in [6.07, 6.45) is 4.63. The van der Waals surface area contributed by atoms with Gasteiger partial charge in [-0.05, 0) is 213 Å². The summed E-state index contributed by atoms with van der Waals surface area (Å²) in [5.41, 5.74) is 7.16. The zero-order valence-corrected chi connectivity index (χ0v) is 57.1. The molecule has 2 unspecified atom stereocenters. The fraction of sp³-hybridized carbons (Fsp3) is 0.452. The summed E-state index contributed by atoms with van der Waals surface area (Å²) in [6, 6.07) is 47.0. The fourth-order valence-corrected chi connectivity index (χ4v) is 11.5. The lowest BCUT2D eigenvalue weighted by molar-refractivity contribution is -0.131. The number of carbonyl (C=O) groups is 4. The smallest absolute Gasteiger partial charge is 0.340 e. The van der Waals surface area contributed by atoms with Gasteiger partial charge < -0.3 is 37.3 Å². The summed E-state index contributed by atoms with van der Waals surface area (Å²) < 4.78 is 44.9.